The van der Waals surface area contributed by atoms with E-state index in [2.05, 4.69) is 96.6 Å². The molecule has 2 nitrogen and oxygen atoms in total. The van der Waals surface area contributed by atoms with Crippen molar-refractivity contribution in [2.75, 3.05) is 24.3 Å². The Bertz CT molecular complexity index is 576. The Kier molecular flexibility index (Phi) is 4.71. The fraction of sp³-hybridized carbons (Fsp3) is 0.294. The molecule has 0 fully saturated rings. The number of anilines is 2. The van der Waals surface area contributed by atoms with Crippen LogP contribution in [0.4, 0.5) is 11.4 Å². The maximum Gasteiger partial charge on any atom is 0.0489 e. The summed E-state index contributed by atoms with van der Waals surface area (Å²) < 4.78 is 1.11. The lowest BCUT2D eigenvalue weighted by atomic mass is 10.1. The lowest BCUT2D eigenvalue weighted by Crippen LogP contribution is -2.10. The number of halogens is 1. The summed E-state index contributed by atoms with van der Waals surface area (Å²) in [4.78, 5) is 2.11. The first-order chi connectivity index (χ1) is 9.47. The molecule has 1 unspecified atom stereocenters. The van der Waals surface area contributed by atoms with E-state index in [9.17, 15) is 0 Å². The van der Waals surface area contributed by atoms with Crippen LogP contribution in [-0.4, -0.2) is 14.1 Å². The predicted octanol–water partition coefficient (Wildman–Crippen LogP) is 5.00. The largest absolute Gasteiger partial charge is 0.378 e. The highest BCUT2D eigenvalue weighted by Crippen LogP contribution is 2.28. The van der Waals surface area contributed by atoms with Crippen molar-refractivity contribution in [1.82, 2.24) is 0 Å². The van der Waals surface area contributed by atoms with Crippen LogP contribution < -0.4 is 10.2 Å². The van der Waals surface area contributed by atoms with Crippen LogP contribution in [0.2, 0.25) is 0 Å². The van der Waals surface area contributed by atoms with Gasteiger partial charge in [-0.2, -0.15) is 0 Å². The van der Waals surface area contributed by atoms with Crippen molar-refractivity contribution in [2.45, 2.75) is 19.9 Å². The third kappa shape index (κ3) is 3.54. The van der Waals surface area contributed by atoms with Gasteiger partial charge in [0.2, 0.25) is 0 Å². The molecule has 2 aromatic carbocycles. The summed E-state index contributed by atoms with van der Waals surface area (Å²) in [5.74, 6) is 0. The molecule has 0 radical (unpaired) electrons. The predicted molar refractivity (Wildman–Crippen MR) is 91.7 cm³/mol. The molecule has 0 saturated heterocycles. The Balaban J connectivity index is 2.13. The third-order valence-electron chi connectivity index (χ3n) is 3.41. The second-order valence-corrected chi connectivity index (χ2v) is 6.19. The van der Waals surface area contributed by atoms with Gasteiger partial charge in [0, 0.05) is 36.0 Å². The van der Waals surface area contributed by atoms with Gasteiger partial charge in [0.25, 0.3) is 0 Å². The molecule has 0 aromatic heterocycles. The minimum atomic E-state index is 0.269. The topological polar surface area (TPSA) is 15.3 Å². The van der Waals surface area contributed by atoms with E-state index in [1.807, 2.05) is 0 Å². The summed E-state index contributed by atoms with van der Waals surface area (Å²) in [7, 11) is 4.11. The van der Waals surface area contributed by atoms with Crippen LogP contribution in [0, 0.1) is 6.92 Å². The zero-order valence-electron chi connectivity index (χ0n) is 12.4. The van der Waals surface area contributed by atoms with Crippen LogP contribution in [0.5, 0.6) is 0 Å². The van der Waals surface area contributed by atoms with E-state index in [0.29, 0.717) is 0 Å². The van der Waals surface area contributed by atoms with E-state index < -0.39 is 0 Å². The van der Waals surface area contributed by atoms with Crippen molar-refractivity contribution in [3.05, 3.63) is 58.1 Å². The van der Waals surface area contributed by atoms with Crippen LogP contribution in [0.25, 0.3) is 0 Å². The number of rotatable bonds is 4. The fourth-order valence-electron chi connectivity index (χ4n) is 2.11. The van der Waals surface area contributed by atoms with E-state index in [-0.39, 0.29) is 6.04 Å². The molecule has 20 heavy (non-hydrogen) atoms. The van der Waals surface area contributed by atoms with Gasteiger partial charge in [-0.3, -0.25) is 0 Å². The monoisotopic (exact) mass is 332 g/mol. The van der Waals surface area contributed by atoms with Gasteiger partial charge in [-0.15, -0.1) is 0 Å². The average Bonchev–Trinajstić information content (AvgIpc) is 2.42. The Morgan fingerprint density at radius 1 is 1.05 bits per heavy atom. The molecule has 2 rings (SSSR count). The van der Waals surface area contributed by atoms with E-state index in [4.69, 9.17) is 0 Å². The number of nitrogens with one attached hydrogen (secondary N) is 1. The molecular formula is C17H21BrN2. The molecule has 0 bridgehead atoms. The average molecular weight is 333 g/mol. The van der Waals surface area contributed by atoms with Crippen LogP contribution >= 0.6 is 15.9 Å². The minimum Gasteiger partial charge on any atom is -0.378 e. The van der Waals surface area contributed by atoms with Gasteiger partial charge in [0.05, 0.1) is 0 Å². The molecule has 0 amide bonds. The zero-order valence-corrected chi connectivity index (χ0v) is 14.0. The van der Waals surface area contributed by atoms with Gasteiger partial charge < -0.3 is 10.2 Å². The van der Waals surface area contributed by atoms with E-state index in [1.165, 1.54) is 16.8 Å². The standard InChI is InChI=1S/C17H21BrN2/c1-12-5-10-17(16(18)11-12)19-13(2)14-6-8-15(9-7-14)20(3)4/h5-11,13,19H,1-4H3. The van der Waals surface area contributed by atoms with Crippen molar-refractivity contribution < 1.29 is 0 Å². The van der Waals surface area contributed by atoms with Gasteiger partial charge >= 0.3 is 0 Å². The molecule has 0 heterocycles. The van der Waals surface area contributed by atoms with E-state index in [0.717, 1.165) is 10.2 Å². The Hall–Kier alpha value is -1.48. The normalized spacial score (nSPS) is 12.1. The summed E-state index contributed by atoms with van der Waals surface area (Å²) in [5.41, 5.74) is 4.88. The summed E-state index contributed by atoms with van der Waals surface area (Å²) in [6.07, 6.45) is 0. The molecule has 0 spiro atoms. The Labute approximate surface area is 129 Å². The number of benzene rings is 2. The van der Waals surface area contributed by atoms with Crippen molar-refractivity contribution >= 4 is 27.3 Å². The van der Waals surface area contributed by atoms with E-state index in [1.54, 1.807) is 0 Å². The van der Waals surface area contributed by atoms with Gasteiger partial charge in [-0.05, 0) is 65.2 Å². The Morgan fingerprint density at radius 3 is 2.25 bits per heavy atom. The van der Waals surface area contributed by atoms with Crippen LogP contribution in [-0.2, 0) is 0 Å². The third-order valence-corrected chi connectivity index (χ3v) is 4.06. The number of aryl methyl sites for hydroxylation is 1. The van der Waals surface area contributed by atoms with Crippen LogP contribution in [0.3, 0.4) is 0 Å². The summed E-state index contributed by atoms with van der Waals surface area (Å²) in [6.45, 7) is 4.27. The molecule has 0 aliphatic rings. The van der Waals surface area contributed by atoms with E-state index >= 15 is 0 Å². The zero-order chi connectivity index (χ0) is 14.7. The maximum atomic E-state index is 3.61. The number of hydrogen-bond donors (Lipinski definition) is 1. The SMILES string of the molecule is Cc1ccc(NC(C)c2ccc(N(C)C)cc2)c(Br)c1. The van der Waals surface area contributed by atoms with Crippen molar-refractivity contribution in [2.24, 2.45) is 0 Å². The summed E-state index contributed by atoms with van der Waals surface area (Å²) >= 11 is 3.61. The molecule has 3 heteroatoms. The first kappa shape index (κ1) is 14.9. The smallest absolute Gasteiger partial charge is 0.0489 e. The highest BCUT2D eigenvalue weighted by Gasteiger charge is 2.08. The summed E-state index contributed by atoms with van der Waals surface area (Å²) in [5, 5.41) is 3.54. The first-order valence-electron chi connectivity index (χ1n) is 6.77. The van der Waals surface area contributed by atoms with Crippen LogP contribution in [0.15, 0.2) is 46.9 Å². The highest BCUT2D eigenvalue weighted by atomic mass is 79.9. The molecule has 1 atom stereocenters. The highest BCUT2D eigenvalue weighted by molar-refractivity contribution is 9.10. The van der Waals surface area contributed by atoms with Gasteiger partial charge in [-0.25, -0.2) is 0 Å². The van der Waals surface area contributed by atoms with Crippen molar-refractivity contribution in [3.63, 3.8) is 0 Å². The van der Waals surface area contributed by atoms with Crippen molar-refractivity contribution in [1.29, 1.82) is 0 Å². The molecular weight excluding hydrogens is 312 g/mol. The second kappa shape index (κ2) is 6.31. The summed E-state index contributed by atoms with van der Waals surface area (Å²) in [6, 6.07) is 15.3. The molecule has 1 N–H and O–H groups in total. The lowest BCUT2D eigenvalue weighted by molar-refractivity contribution is 0.883. The quantitative estimate of drug-likeness (QED) is 0.847. The minimum absolute atomic E-state index is 0.269. The fourth-order valence-corrected chi connectivity index (χ4v) is 2.72. The van der Waals surface area contributed by atoms with Gasteiger partial charge in [0.1, 0.15) is 0 Å². The van der Waals surface area contributed by atoms with Crippen LogP contribution in [0.1, 0.15) is 24.1 Å². The molecule has 2 aromatic rings. The molecule has 106 valence electrons. The van der Waals surface area contributed by atoms with Crippen molar-refractivity contribution in [3.8, 4) is 0 Å². The number of hydrogen-bond acceptors (Lipinski definition) is 2. The lowest BCUT2D eigenvalue weighted by Gasteiger charge is -2.19. The second-order valence-electron chi connectivity index (χ2n) is 5.34. The molecule has 0 saturated carbocycles. The Morgan fingerprint density at radius 2 is 1.70 bits per heavy atom. The van der Waals surface area contributed by atoms with Gasteiger partial charge in [-0.1, -0.05) is 18.2 Å². The number of nitrogens with zero attached hydrogens (tertiary/aromatic N) is 1. The maximum absolute atomic E-state index is 3.61. The first-order valence-corrected chi connectivity index (χ1v) is 7.56. The van der Waals surface area contributed by atoms with Gasteiger partial charge in [0.15, 0.2) is 0 Å². The molecule has 0 aliphatic carbocycles. The molecule has 0 aliphatic heterocycles.